The van der Waals surface area contributed by atoms with E-state index in [0.29, 0.717) is 50.7 Å². The van der Waals surface area contributed by atoms with Gasteiger partial charge < -0.3 is 24.4 Å². The number of aromatic nitrogens is 1. The summed E-state index contributed by atoms with van der Waals surface area (Å²) in [5.74, 6) is 0.824. The van der Waals surface area contributed by atoms with E-state index in [1.54, 1.807) is 51.6 Å². The van der Waals surface area contributed by atoms with Crippen molar-refractivity contribution in [3.63, 3.8) is 0 Å². The molecule has 4 aromatic rings. The van der Waals surface area contributed by atoms with Gasteiger partial charge in [-0.05, 0) is 36.4 Å². The van der Waals surface area contributed by atoms with Crippen molar-refractivity contribution in [2.75, 3.05) is 40.2 Å². The lowest BCUT2D eigenvalue weighted by Gasteiger charge is -2.19. The van der Waals surface area contributed by atoms with E-state index in [1.807, 2.05) is 42.5 Å². The molecule has 1 heterocycles. The quantitative estimate of drug-likeness (QED) is 0.391. The lowest BCUT2D eigenvalue weighted by molar-refractivity contribution is -0.116. The standard InChI is InChI=1S/C28H27N3O5/c1-31(17-26(32)29-19-10-6-5-7-11-19)28(33)21-16-23(30-22-13-9-8-12-20(21)22)18-14-24(34-2)27(36-4)25(15-18)35-3/h5-16H,17H2,1-4H3,(H,29,32). The van der Waals surface area contributed by atoms with Gasteiger partial charge in [0.25, 0.3) is 5.91 Å². The molecule has 0 aliphatic carbocycles. The Balaban J connectivity index is 1.71. The molecule has 0 aliphatic rings. The van der Waals surface area contributed by atoms with Gasteiger partial charge in [-0.3, -0.25) is 9.59 Å². The molecule has 0 saturated heterocycles. The molecule has 0 bridgehead atoms. The minimum absolute atomic E-state index is 0.107. The summed E-state index contributed by atoms with van der Waals surface area (Å²) in [5, 5.41) is 3.49. The molecule has 1 N–H and O–H groups in total. The molecule has 0 spiro atoms. The fourth-order valence-electron chi connectivity index (χ4n) is 3.94. The molecule has 0 fully saturated rings. The number of amides is 2. The molecule has 0 atom stereocenters. The zero-order valence-electron chi connectivity index (χ0n) is 20.6. The van der Waals surface area contributed by atoms with Crippen molar-refractivity contribution < 1.29 is 23.8 Å². The first-order valence-electron chi connectivity index (χ1n) is 11.3. The lowest BCUT2D eigenvalue weighted by atomic mass is 10.0. The Hall–Kier alpha value is -4.59. The highest BCUT2D eigenvalue weighted by Gasteiger charge is 2.21. The highest BCUT2D eigenvalue weighted by Crippen LogP contribution is 2.41. The molecule has 0 aliphatic heterocycles. The fraction of sp³-hybridized carbons (Fsp3) is 0.179. The molecule has 3 aromatic carbocycles. The number of para-hydroxylation sites is 2. The third kappa shape index (κ3) is 5.07. The first-order valence-corrected chi connectivity index (χ1v) is 11.3. The minimum atomic E-state index is -0.300. The molecule has 4 rings (SSSR count). The van der Waals surface area contributed by atoms with E-state index in [1.165, 1.54) is 12.0 Å². The molecule has 0 unspecified atom stereocenters. The number of anilines is 1. The third-order valence-electron chi connectivity index (χ3n) is 5.69. The number of ether oxygens (including phenoxy) is 3. The van der Waals surface area contributed by atoms with Crippen LogP contribution in [0.5, 0.6) is 17.2 Å². The van der Waals surface area contributed by atoms with Crippen LogP contribution in [0, 0.1) is 0 Å². The summed E-state index contributed by atoms with van der Waals surface area (Å²) >= 11 is 0. The lowest BCUT2D eigenvalue weighted by Crippen LogP contribution is -2.35. The molecule has 0 saturated carbocycles. The highest BCUT2D eigenvalue weighted by atomic mass is 16.5. The van der Waals surface area contributed by atoms with Crippen LogP contribution in [0.15, 0.2) is 72.8 Å². The number of hydrogen-bond donors (Lipinski definition) is 1. The van der Waals surface area contributed by atoms with Crippen molar-refractivity contribution in [2.24, 2.45) is 0 Å². The van der Waals surface area contributed by atoms with E-state index in [0.717, 1.165) is 0 Å². The van der Waals surface area contributed by atoms with Crippen LogP contribution in [0.1, 0.15) is 10.4 Å². The summed E-state index contributed by atoms with van der Waals surface area (Å²) in [6.45, 7) is -0.107. The number of likely N-dealkylation sites (N-methyl/N-ethyl adjacent to an activating group) is 1. The maximum Gasteiger partial charge on any atom is 0.254 e. The van der Waals surface area contributed by atoms with Gasteiger partial charge in [0.05, 0.1) is 44.6 Å². The van der Waals surface area contributed by atoms with Crippen LogP contribution < -0.4 is 19.5 Å². The average molecular weight is 486 g/mol. The van der Waals surface area contributed by atoms with Crippen molar-refractivity contribution in [1.29, 1.82) is 0 Å². The molecular formula is C28H27N3O5. The summed E-state index contributed by atoms with van der Waals surface area (Å²) in [4.78, 5) is 32.2. The Kier molecular flexibility index (Phi) is 7.34. The van der Waals surface area contributed by atoms with Crippen LogP contribution in [0.3, 0.4) is 0 Å². The predicted molar refractivity (Wildman–Crippen MR) is 139 cm³/mol. The number of nitrogens with one attached hydrogen (secondary N) is 1. The normalized spacial score (nSPS) is 10.6. The number of rotatable bonds is 8. The molecule has 36 heavy (non-hydrogen) atoms. The molecule has 8 nitrogen and oxygen atoms in total. The minimum Gasteiger partial charge on any atom is -0.493 e. The van der Waals surface area contributed by atoms with Gasteiger partial charge >= 0.3 is 0 Å². The van der Waals surface area contributed by atoms with Crippen LogP contribution in [0.2, 0.25) is 0 Å². The highest BCUT2D eigenvalue weighted by molar-refractivity contribution is 6.08. The van der Waals surface area contributed by atoms with Gasteiger partial charge in [0.1, 0.15) is 0 Å². The van der Waals surface area contributed by atoms with Crippen LogP contribution >= 0.6 is 0 Å². The van der Waals surface area contributed by atoms with E-state index in [-0.39, 0.29) is 18.4 Å². The smallest absolute Gasteiger partial charge is 0.254 e. The zero-order chi connectivity index (χ0) is 25.7. The molecular weight excluding hydrogens is 458 g/mol. The number of carbonyl (C=O) groups excluding carboxylic acids is 2. The van der Waals surface area contributed by atoms with E-state index in [4.69, 9.17) is 19.2 Å². The van der Waals surface area contributed by atoms with E-state index >= 15 is 0 Å². The summed E-state index contributed by atoms with van der Waals surface area (Å²) in [6.07, 6.45) is 0. The van der Waals surface area contributed by atoms with Crippen LogP contribution in [0.25, 0.3) is 22.2 Å². The fourth-order valence-corrected chi connectivity index (χ4v) is 3.94. The topological polar surface area (TPSA) is 90.0 Å². The Labute approximate surface area is 209 Å². The van der Waals surface area contributed by atoms with Gasteiger partial charge in [-0.15, -0.1) is 0 Å². The number of nitrogens with zero attached hydrogens (tertiary/aromatic N) is 2. The van der Waals surface area contributed by atoms with Gasteiger partial charge in [0.15, 0.2) is 11.5 Å². The second-order valence-electron chi connectivity index (χ2n) is 8.06. The van der Waals surface area contributed by atoms with Crippen molar-refractivity contribution >= 4 is 28.4 Å². The van der Waals surface area contributed by atoms with Crippen LogP contribution in [-0.4, -0.2) is 56.6 Å². The van der Waals surface area contributed by atoms with Gasteiger partial charge in [-0.25, -0.2) is 4.98 Å². The first-order chi connectivity index (χ1) is 17.4. The largest absolute Gasteiger partial charge is 0.493 e. The van der Waals surface area contributed by atoms with Crippen molar-refractivity contribution in [3.8, 4) is 28.5 Å². The number of carbonyl (C=O) groups is 2. The maximum atomic E-state index is 13.5. The van der Waals surface area contributed by atoms with E-state index in [9.17, 15) is 9.59 Å². The maximum absolute atomic E-state index is 13.5. The van der Waals surface area contributed by atoms with Crippen LogP contribution in [-0.2, 0) is 4.79 Å². The third-order valence-corrected chi connectivity index (χ3v) is 5.69. The average Bonchev–Trinajstić information content (AvgIpc) is 2.91. The van der Waals surface area contributed by atoms with Gasteiger partial charge in [0, 0.05) is 23.7 Å². The number of methoxy groups -OCH3 is 3. The Morgan fingerprint density at radius 1 is 0.861 bits per heavy atom. The molecule has 2 amide bonds. The Morgan fingerprint density at radius 3 is 2.14 bits per heavy atom. The van der Waals surface area contributed by atoms with Crippen molar-refractivity contribution in [2.45, 2.75) is 0 Å². The first kappa shape index (κ1) is 24.5. The molecule has 1 aromatic heterocycles. The van der Waals surface area contributed by atoms with Crippen molar-refractivity contribution in [3.05, 3.63) is 78.4 Å². The van der Waals surface area contributed by atoms with Gasteiger partial charge in [-0.2, -0.15) is 0 Å². The monoisotopic (exact) mass is 485 g/mol. The second kappa shape index (κ2) is 10.8. The van der Waals surface area contributed by atoms with E-state index < -0.39 is 0 Å². The van der Waals surface area contributed by atoms with Gasteiger partial charge in [-0.1, -0.05) is 36.4 Å². The SMILES string of the molecule is COc1cc(-c2cc(C(=O)N(C)CC(=O)Nc3ccccc3)c3ccccc3n2)cc(OC)c1OC. The number of benzene rings is 3. The number of fused-ring (bicyclic) bond motifs is 1. The van der Waals surface area contributed by atoms with Crippen molar-refractivity contribution in [1.82, 2.24) is 9.88 Å². The van der Waals surface area contributed by atoms with Crippen LogP contribution in [0.4, 0.5) is 5.69 Å². The Bertz CT molecular complexity index is 1380. The summed E-state index contributed by atoms with van der Waals surface area (Å²) in [5.41, 5.74) is 2.99. The number of hydrogen-bond acceptors (Lipinski definition) is 6. The summed E-state index contributed by atoms with van der Waals surface area (Å²) < 4.78 is 16.4. The molecule has 184 valence electrons. The number of pyridine rings is 1. The molecule has 0 radical (unpaired) electrons. The van der Waals surface area contributed by atoms with E-state index in [2.05, 4.69) is 5.32 Å². The second-order valence-corrected chi connectivity index (χ2v) is 8.06. The predicted octanol–water partition coefficient (Wildman–Crippen LogP) is 4.64. The van der Waals surface area contributed by atoms with Gasteiger partial charge in [0.2, 0.25) is 11.7 Å². The summed E-state index contributed by atoms with van der Waals surface area (Å²) in [7, 11) is 6.22. The molecule has 8 heteroatoms. The zero-order valence-corrected chi connectivity index (χ0v) is 20.6. The Morgan fingerprint density at radius 2 is 1.50 bits per heavy atom. The summed E-state index contributed by atoms with van der Waals surface area (Å²) in [6, 6.07) is 21.8.